The fraction of sp³-hybridized carbons (Fsp3) is 0.292. The molecule has 0 spiro atoms. The van der Waals surface area contributed by atoms with E-state index < -0.39 is 0 Å². The van der Waals surface area contributed by atoms with E-state index >= 15 is 0 Å². The van der Waals surface area contributed by atoms with Gasteiger partial charge >= 0.3 is 0 Å². The summed E-state index contributed by atoms with van der Waals surface area (Å²) in [5.74, 6) is 0.643. The van der Waals surface area contributed by atoms with E-state index in [9.17, 15) is 0 Å². The number of ether oxygens (including phenoxy) is 1. The maximum atomic E-state index is 5.84. The van der Waals surface area contributed by atoms with Crippen LogP contribution in [0.4, 0.5) is 5.69 Å². The van der Waals surface area contributed by atoms with Crippen LogP contribution >= 0.6 is 0 Å². The van der Waals surface area contributed by atoms with Gasteiger partial charge in [-0.15, -0.1) is 0 Å². The van der Waals surface area contributed by atoms with Gasteiger partial charge in [0.2, 0.25) is 0 Å². The Morgan fingerprint density at radius 1 is 1.14 bits per heavy atom. The molecule has 0 atom stereocenters. The van der Waals surface area contributed by atoms with Gasteiger partial charge in [-0.2, -0.15) is 0 Å². The third-order valence-corrected chi connectivity index (χ3v) is 3.91. The van der Waals surface area contributed by atoms with E-state index in [1.165, 1.54) is 5.56 Å². The van der Waals surface area contributed by atoms with Crippen molar-refractivity contribution in [2.45, 2.75) is 20.3 Å². The van der Waals surface area contributed by atoms with Crippen LogP contribution in [0.3, 0.4) is 0 Å². The summed E-state index contributed by atoms with van der Waals surface area (Å²) >= 11 is 0. The number of nitrogens with zero attached hydrogens (tertiary/aromatic N) is 1. The molecule has 0 radical (unpaired) electrons. The summed E-state index contributed by atoms with van der Waals surface area (Å²) in [4.78, 5) is 4.18. The van der Waals surface area contributed by atoms with Gasteiger partial charge in [-0.25, -0.2) is 0 Å². The first kappa shape index (κ1) is 24.0. The molecular formula is C24H34N4O. The topological polar surface area (TPSA) is 71.7 Å². The van der Waals surface area contributed by atoms with Gasteiger partial charge in [0.1, 0.15) is 5.84 Å². The Morgan fingerprint density at radius 3 is 2.34 bits per heavy atom. The number of benzene rings is 2. The first-order valence-corrected chi connectivity index (χ1v) is 9.74. The van der Waals surface area contributed by atoms with Crippen LogP contribution in [-0.4, -0.2) is 33.1 Å². The Morgan fingerprint density at radius 2 is 1.79 bits per heavy atom. The number of aliphatic imine (C=N–C) groups is 1. The summed E-state index contributed by atoms with van der Waals surface area (Å²) in [5, 5.41) is 6.59. The number of rotatable bonds is 8. The second-order valence-corrected chi connectivity index (χ2v) is 6.49. The van der Waals surface area contributed by atoms with Crippen molar-refractivity contribution in [1.82, 2.24) is 5.32 Å². The van der Waals surface area contributed by atoms with Crippen LogP contribution in [0.1, 0.15) is 24.5 Å². The second-order valence-electron chi connectivity index (χ2n) is 6.49. The van der Waals surface area contributed by atoms with Crippen LogP contribution in [0.15, 0.2) is 77.9 Å². The molecule has 0 saturated carbocycles. The highest BCUT2D eigenvalue weighted by atomic mass is 16.5. The minimum Gasteiger partial charge on any atom is -0.400 e. The monoisotopic (exact) mass is 394 g/mol. The smallest absolute Gasteiger partial charge is 0.126 e. The number of anilines is 1. The molecule has 0 bridgehead atoms. The van der Waals surface area contributed by atoms with Gasteiger partial charge in [-0.1, -0.05) is 67.6 Å². The third-order valence-electron chi connectivity index (χ3n) is 3.91. The highest BCUT2D eigenvalue weighted by molar-refractivity contribution is 5.99. The second kappa shape index (κ2) is 14.0. The predicted molar refractivity (Wildman–Crippen MR) is 126 cm³/mol. The molecular weight excluding hydrogens is 360 g/mol. The van der Waals surface area contributed by atoms with Crippen molar-refractivity contribution in [3.8, 4) is 0 Å². The molecule has 2 aromatic carbocycles. The normalized spacial score (nSPS) is 11.3. The molecule has 0 heterocycles. The number of methoxy groups -OCH3 is 1. The van der Waals surface area contributed by atoms with E-state index in [-0.39, 0.29) is 0 Å². The van der Waals surface area contributed by atoms with E-state index in [0.717, 1.165) is 29.9 Å². The maximum Gasteiger partial charge on any atom is 0.126 e. The summed E-state index contributed by atoms with van der Waals surface area (Å²) < 4.78 is 4.99. The molecule has 0 aliphatic carbocycles. The van der Waals surface area contributed by atoms with Crippen LogP contribution < -0.4 is 16.4 Å². The van der Waals surface area contributed by atoms with Crippen molar-refractivity contribution in [3.63, 3.8) is 0 Å². The molecule has 5 heteroatoms. The van der Waals surface area contributed by atoms with Crippen LogP contribution in [0, 0.1) is 6.92 Å². The minimum atomic E-state index is 0.363. The van der Waals surface area contributed by atoms with Crippen molar-refractivity contribution in [2.75, 3.05) is 32.6 Å². The molecule has 0 unspecified atom stereocenters. The molecule has 4 N–H and O–H groups in total. The number of para-hydroxylation sites is 1. The van der Waals surface area contributed by atoms with Crippen molar-refractivity contribution in [1.29, 1.82) is 0 Å². The summed E-state index contributed by atoms with van der Waals surface area (Å²) in [7, 11) is 3.30. The summed E-state index contributed by atoms with van der Waals surface area (Å²) in [5.41, 5.74) is 10.6. The molecule has 0 fully saturated rings. The third kappa shape index (κ3) is 9.63. The number of aryl methyl sites for hydroxylation is 1. The van der Waals surface area contributed by atoms with E-state index in [4.69, 9.17) is 10.5 Å². The van der Waals surface area contributed by atoms with Crippen molar-refractivity contribution < 1.29 is 4.74 Å². The molecule has 5 nitrogen and oxygen atoms in total. The summed E-state index contributed by atoms with van der Waals surface area (Å²) in [6.07, 6.45) is 2.81. The van der Waals surface area contributed by atoms with E-state index in [1.807, 2.05) is 42.5 Å². The average Bonchev–Trinajstić information content (AvgIpc) is 2.73. The fourth-order valence-electron chi connectivity index (χ4n) is 2.46. The molecule has 0 aliphatic heterocycles. The fourth-order valence-corrected chi connectivity index (χ4v) is 2.46. The molecule has 0 saturated heterocycles. The van der Waals surface area contributed by atoms with Crippen molar-refractivity contribution >= 4 is 17.2 Å². The molecule has 0 aliphatic rings. The number of nitrogens with two attached hydrogens (primary N) is 1. The predicted octanol–water partition coefficient (Wildman–Crippen LogP) is 4.58. The van der Waals surface area contributed by atoms with Crippen molar-refractivity contribution in [2.24, 2.45) is 10.7 Å². The number of nitrogens with one attached hydrogen (secondary N) is 2. The Hall–Kier alpha value is -3.05. The van der Waals surface area contributed by atoms with Gasteiger partial charge in [0.15, 0.2) is 0 Å². The van der Waals surface area contributed by atoms with Gasteiger partial charge in [0.05, 0.1) is 6.61 Å². The number of amidine groups is 1. The molecule has 0 aromatic heterocycles. The zero-order valence-electron chi connectivity index (χ0n) is 18.0. The van der Waals surface area contributed by atoms with E-state index in [2.05, 4.69) is 48.2 Å². The number of hydrogen-bond donors (Lipinski definition) is 3. The lowest BCUT2D eigenvalue weighted by atomic mass is 10.1. The molecule has 2 aromatic rings. The van der Waals surface area contributed by atoms with Crippen LogP contribution in [-0.2, 0) is 4.74 Å². The number of hydrogen-bond acceptors (Lipinski definition) is 4. The summed E-state index contributed by atoms with van der Waals surface area (Å²) in [6, 6.07) is 18.3. The first-order valence-electron chi connectivity index (χ1n) is 9.74. The zero-order chi connectivity index (χ0) is 21.5. The highest BCUT2D eigenvalue weighted by Gasteiger charge is 2.06. The van der Waals surface area contributed by atoms with Crippen LogP contribution in [0.2, 0.25) is 0 Å². The molecule has 2 rings (SSSR count). The Kier molecular flexibility index (Phi) is 11.6. The van der Waals surface area contributed by atoms with Gasteiger partial charge in [-0.3, -0.25) is 4.99 Å². The standard InChI is InChI=1S/C17H26N4O.C7H8/c1-5-10-20-16-9-7-6-8-15(16)13(2)21-17(19-3)11-14(18)12-22-4;1-7-5-3-2-4-6-7/h6-9,11,20H,2,5,10,12,18H2,1,3-4H3,(H,19,21);2-6H,1H3/b14-11-;. The highest BCUT2D eigenvalue weighted by Crippen LogP contribution is 2.21. The zero-order valence-corrected chi connectivity index (χ0v) is 18.0. The lowest BCUT2D eigenvalue weighted by Crippen LogP contribution is -2.22. The quantitative estimate of drug-likeness (QED) is 0.453. The lowest BCUT2D eigenvalue weighted by molar-refractivity contribution is 0.225. The first-order chi connectivity index (χ1) is 14.0. The van der Waals surface area contributed by atoms with Crippen molar-refractivity contribution in [3.05, 3.63) is 84.1 Å². The van der Waals surface area contributed by atoms with Crippen LogP contribution in [0.5, 0.6) is 0 Å². The Labute approximate surface area is 175 Å². The van der Waals surface area contributed by atoms with Gasteiger partial charge in [0, 0.05) is 49.4 Å². The molecule has 156 valence electrons. The molecule has 0 amide bonds. The summed E-state index contributed by atoms with van der Waals surface area (Å²) in [6.45, 7) is 9.60. The van der Waals surface area contributed by atoms with E-state index in [0.29, 0.717) is 18.1 Å². The van der Waals surface area contributed by atoms with Gasteiger partial charge < -0.3 is 21.1 Å². The van der Waals surface area contributed by atoms with Gasteiger partial charge in [0.25, 0.3) is 0 Å². The van der Waals surface area contributed by atoms with E-state index in [1.54, 1.807) is 20.2 Å². The largest absolute Gasteiger partial charge is 0.400 e. The Balaban J connectivity index is 0.000000502. The average molecular weight is 395 g/mol. The lowest BCUT2D eigenvalue weighted by Gasteiger charge is -2.15. The molecule has 29 heavy (non-hydrogen) atoms. The SMILES string of the molecule is C=C(NC(/C=C(\N)COC)=NC)c1ccccc1NCCC.Cc1ccccc1. The van der Waals surface area contributed by atoms with Crippen LogP contribution in [0.25, 0.3) is 5.70 Å². The van der Waals surface area contributed by atoms with Gasteiger partial charge in [-0.05, 0) is 19.4 Å². The minimum absolute atomic E-state index is 0.363. The Bertz CT molecular complexity index is 798. The maximum absolute atomic E-state index is 5.84.